The molecule has 2 aliphatic rings. The molecule has 22 heavy (non-hydrogen) atoms. The van der Waals surface area contributed by atoms with Gasteiger partial charge in [-0.1, -0.05) is 6.42 Å². The zero-order valence-corrected chi connectivity index (χ0v) is 13.8. The summed E-state index contributed by atoms with van der Waals surface area (Å²) >= 11 is 1.59. The molecular weight excluding hydrogens is 296 g/mol. The maximum atomic E-state index is 12.8. The minimum absolute atomic E-state index is 0.175. The molecule has 2 fully saturated rings. The average molecular weight is 316 g/mol. The lowest BCUT2D eigenvalue weighted by Crippen LogP contribution is -2.38. The summed E-state index contributed by atoms with van der Waals surface area (Å²) in [5, 5.41) is 8.36. The number of carbonyl (C=O) groups is 1. The highest BCUT2D eigenvalue weighted by Crippen LogP contribution is 2.55. The molecule has 116 valence electrons. The van der Waals surface area contributed by atoms with Gasteiger partial charge in [-0.15, -0.1) is 21.5 Å². The number of hydrogen-bond acceptors (Lipinski definition) is 4. The van der Waals surface area contributed by atoms with Crippen molar-refractivity contribution in [1.29, 1.82) is 0 Å². The van der Waals surface area contributed by atoms with Crippen molar-refractivity contribution in [3.8, 4) is 0 Å². The number of aryl methyl sites for hydroxylation is 2. The Kier molecular flexibility index (Phi) is 3.11. The number of amides is 1. The third kappa shape index (κ3) is 2.00. The number of rotatable bonds is 2. The first kappa shape index (κ1) is 13.9. The van der Waals surface area contributed by atoms with Crippen molar-refractivity contribution in [2.45, 2.75) is 32.1 Å². The zero-order valence-electron chi connectivity index (χ0n) is 13.0. The van der Waals surface area contributed by atoms with E-state index in [-0.39, 0.29) is 11.3 Å². The molecule has 6 heteroatoms. The molecule has 1 amide bonds. The van der Waals surface area contributed by atoms with Crippen LogP contribution in [0.15, 0.2) is 18.5 Å². The van der Waals surface area contributed by atoms with Crippen LogP contribution in [0.2, 0.25) is 0 Å². The summed E-state index contributed by atoms with van der Waals surface area (Å²) in [6.07, 6.45) is 5.40. The predicted molar refractivity (Wildman–Crippen MR) is 85.0 cm³/mol. The lowest BCUT2D eigenvalue weighted by atomic mass is 9.62. The molecule has 2 aromatic rings. The fourth-order valence-corrected chi connectivity index (χ4v) is 4.76. The molecule has 0 bridgehead atoms. The van der Waals surface area contributed by atoms with Gasteiger partial charge in [-0.25, -0.2) is 0 Å². The molecule has 1 saturated heterocycles. The standard InChI is InChI=1S/C16H20N4OS/c1-11-4-5-13(22-11)15(21)20-8-12(14-18-17-10-19(14)2)16(9-20)6-3-7-16/h4-5,10,12H,3,6-9H2,1-2H3. The van der Waals surface area contributed by atoms with Crippen molar-refractivity contribution in [3.05, 3.63) is 34.0 Å². The van der Waals surface area contributed by atoms with Gasteiger partial charge in [-0.3, -0.25) is 4.79 Å². The SMILES string of the molecule is Cc1ccc(C(=O)N2CC(c3nncn3C)C3(CCC3)C2)s1. The summed E-state index contributed by atoms with van der Waals surface area (Å²) in [7, 11) is 1.99. The second-order valence-electron chi connectivity index (χ2n) is 6.66. The van der Waals surface area contributed by atoms with Crippen LogP contribution in [0.25, 0.3) is 0 Å². The minimum Gasteiger partial charge on any atom is -0.337 e. The fraction of sp³-hybridized carbons (Fsp3) is 0.562. The van der Waals surface area contributed by atoms with Gasteiger partial charge in [-0.2, -0.15) is 0 Å². The van der Waals surface area contributed by atoms with E-state index < -0.39 is 0 Å². The van der Waals surface area contributed by atoms with Crippen molar-refractivity contribution in [1.82, 2.24) is 19.7 Å². The molecule has 0 radical (unpaired) electrons. The molecule has 1 unspecified atom stereocenters. The van der Waals surface area contributed by atoms with Crippen LogP contribution in [0, 0.1) is 12.3 Å². The minimum atomic E-state index is 0.175. The van der Waals surface area contributed by atoms with Crippen LogP contribution in [0.1, 0.15) is 45.6 Å². The summed E-state index contributed by atoms with van der Waals surface area (Å²) in [6, 6.07) is 3.97. The van der Waals surface area contributed by atoms with Gasteiger partial charge in [-0.05, 0) is 37.3 Å². The lowest BCUT2D eigenvalue weighted by Gasteiger charge is -2.42. The first-order valence-corrected chi connectivity index (χ1v) is 8.60. The molecule has 1 atom stereocenters. The molecule has 1 aliphatic heterocycles. The molecule has 0 aromatic carbocycles. The van der Waals surface area contributed by atoms with Gasteiger partial charge in [0.2, 0.25) is 0 Å². The zero-order chi connectivity index (χ0) is 15.3. The summed E-state index contributed by atoms with van der Waals surface area (Å²) in [5.41, 5.74) is 0.225. The number of nitrogens with zero attached hydrogens (tertiary/aromatic N) is 4. The molecule has 1 spiro atoms. The van der Waals surface area contributed by atoms with Gasteiger partial charge >= 0.3 is 0 Å². The molecule has 3 heterocycles. The van der Waals surface area contributed by atoms with E-state index in [1.54, 1.807) is 17.7 Å². The molecule has 5 nitrogen and oxygen atoms in total. The molecular formula is C16H20N4OS. The van der Waals surface area contributed by atoms with Crippen molar-refractivity contribution in [2.24, 2.45) is 12.5 Å². The Morgan fingerprint density at radius 2 is 2.23 bits per heavy atom. The number of hydrogen-bond donors (Lipinski definition) is 0. The Hall–Kier alpha value is -1.69. The van der Waals surface area contributed by atoms with Crippen LogP contribution in [0.5, 0.6) is 0 Å². The van der Waals surface area contributed by atoms with Crippen molar-refractivity contribution in [3.63, 3.8) is 0 Å². The first-order valence-electron chi connectivity index (χ1n) is 7.79. The second-order valence-corrected chi connectivity index (χ2v) is 7.95. The number of carbonyl (C=O) groups excluding carboxylic acids is 1. The Morgan fingerprint density at radius 3 is 2.77 bits per heavy atom. The van der Waals surface area contributed by atoms with Gasteiger partial charge in [0.05, 0.1) is 4.88 Å². The van der Waals surface area contributed by atoms with Gasteiger partial charge in [0.15, 0.2) is 0 Å². The maximum Gasteiger partial charge on any atom is 0.263 e. The van der Waals surface area contributed by atoms with Gasteiger partial charge in [0.25, 0.3) is 5.91 Å². The summed E-state index contributed by atoms with van der Waals surface area (Å²) in [4.78, 5) is 16.9. The van der Waals surface area contributed by atoms with Crippen LogP contribution >= 0.6 is 11.3 Å². The van der Waals surface area contributed by atoms with Crippen molar-refractivity contribution < 1.29 is 4.79 Å². The first-order chi connectivity index (χ1) is 10.6. The molecule has 1 aliphatic carbocycles. The van der Waals surface area contributed by atoms with E-state index in [9.17, 15) is 4.79 Å². The van der Waals surface area contributed by atoms with Crippen LogP contribution in [0.3, 0.4) is 0 Å². The molecule has 4 rings (SSSR count). The monoisotopic (exact) mass is 316 g/mol. The smallest absolute Gasteiger partial charge is 0.263 e. The third-order valence-electron chi connectivity index (χ3n) is 5.29. The quantitative estimate of drug-likeness (QED) is 0.856. The van der Waals surface area contributed by atoms with Crippen LogP contribution in [0.4, 0.5) is 0 Å². The van der Waals surface area contributed by atoms with E-state index >= 15 is 0 Å². The van der Waals surface area contributed by atoms with Gasteiger partial charge in [0, 0.05) is 30.9 Å². The third-order valence-corrected chi connectivity index (χ3v) is 6.28. The largest absolute Gasteiger partial charge is 0.337 e. The highest BCUT2D eigenvalue weighted by molar-refractivity contribution is 7.13. The van der Waals surface area contributed by atoms with E-state index in [1.165, 1.54) is 24.1 Å². The normalized spacial score (nSPS) is 23.0. The van der Waals surface area contributed by atoms with E-state index in [1.807, 2.05) is 35.6 Å². The van der Waals surface area contributed by atoms with Crippen LogP contribution in [-0.2, 0) is 7.05 Å². The highest BCUT2D eigenvalue weighted by atomic mass is 32.1. The Bertz CT molecular complexity index is 715. The van der Waals surface area contributed by atoms with Crippen molar-refractivity contribution in [2.75, 3.05) is 13.1 Å². The number of likely N-dealkylation sites (tertiary alicyclic amines) is 1. The fourth-order valence-electron chi connectivity index (χ4n) is 3.93. The predicted octanol–water partition coefficient (Wildman–Crippen LogP) is 2.59. The Labute approximate surface area is 134 Å². The highest BCUT2D eigenvalue weighted by Gasteiger charge is 2.53. The van der Waals surface area contributed by atoms with Crippen LogP contribution < -0.4 is 0 Å². The van der Waals surface area contributed by atoms with Gasteiger partial charge in [0.1, 0.15) is 12.2 Å². The van der Waals surface area contributed by atoms with E-state index in [2.05, 4.69) is 10.2 Å². The molecule has 1 saturated carbocycles. The van der Waals surface area contributed by atoms with Gasteiger partial charge < -0.3 is 9.47 Å². The van der Waals surface area contributed by atoms with E-state index in [4.69, 9.17) is 0 Å². The summed E-state index contributed by atoms with van der Waals surface area (Å²) < 4.78 is 2.01. The van der Waals surface area contributed by atoms with Crippen molar-refractivity contribution >= 4 is 17.2 Å². The molecule has 0 N–H and O–H groups in total. The van der Waals surface area contributed by atoms with E-state index in [0.717, 1.165) is 23.8 Å². The Balaban J connectivity index is 1.62. The van der Waals surface area contributed by atoms with Crippen LogP contribution in [-0.4, -0.2) is 38.7 Å². The average Bonchev–Trinajstić information content (AvgIpc) is 3.14. The van der Waals surface area contributed by atoms with E-state index in [0.29, 0.717) is 5.92 Å². The number of aromatic nitrogens is 3. The maximum absolute atomic E-state index is 12.8. The topological polar surface area (TPSA) is 51.0 Å². The second kappa shape index (κ2) is 4.91. The molecule has 2 aromatic heterocycles. The summed E-state index contributed by atoms with van der Waals surface area (Å²) in [5.74, 6) is 1.52. The number of thiophene rings is 1. The Morgan fingerprint density at radius 1 is 1.41 bits per heavy atom. The lowest BCUT2D eigenvalue weighted by molar-refractivity contribution is 0.0728. The summed E-state index contributed by atoms with van der Waals surface area (Å²) in [6.45, 7) is 3.67.